The van der Waals surface area contributed by atoms with Gasteiger partial charge in [0.2, 0.25) is 0 Å². The van der Waals surface area contributed by atoms with E-state index in [0.717, 1.165) is 22.6 Å². The van der Waals surface area contributed by atoms with E-state index in [2.05, 4.69) is 16.0 Å². The third-order valence-electron chi connectivity index (χ3n) is 2.50. The van der Waals surface area contributed by atoms with Crippen LogP contribution in [0.15, 0.2) is 12.1 Å². The molecule has 0 saturated carbocycles. The average molecular weight is 237 g/mol. The molecule has 0 atom stereocenters. The first-order valence-electron chi connectivity index (χ1n) is 5.46. The van der Waals surface area contributed by atoms with Crippen LogP contribution in [0.2, 0.25) is 0 Å². The van der Waals surface area contributed by atoms with Crippen molar-refractivity contribution in [3.8, 4) is 0 Å². The Balaban J connectivity index is 3.10. The van der Waals surface area contributed by atoms with Gasteiger partial charge in [0.05, 0.1) is 0 Å². The molecular formula is C12H19N3O2. The number of nitrogens with one attached hydrogen (secondary N) is 3. The first-order valence-corrected chi connectivity index (χ1v) is 5.46. The smallest absolute Gasteiger partial charge is 0.302 e. The Morgan fingerprint density at radius 2 is 1.65 bits per heavy atom. The van der Waals surface area contributed by atoms with Crippen LogP contribution >= 0.6 is 0 Å². The number of carbonyl (C=O) groups excluding carboxylic acids is 1. The highest BCUT2D eigenvalue weighted by atomic mass is 16.5. The first kappa shape index (κ1) is 13.2. The van der Waals surface area contributed by atoms with E-state index < -0.39 is 0 Å². The summed E-state index contributed by atoms with van der Waals surface area (Å²) in [6.45, 7) is 1.66. The minimum absolute atomic E-state index is 0.256. The van der Waals surface area contributed by atoms with Gasteiger partial charge in [0.1, 0.15) is 6.61 Å². The van der Waals surface area contributed by atoms with Crippen LogP contribution in [0.25, 0.3) is 0 Å². The van der Waals surface area contributed by atoms with Crippen LogP contribution in [-0.4, -0.2) is 27.1 Å². The Morgan fingerprint density at radius 1 is 1.12 bits per heavy atom. The van der Waals surface area contributed by atoms with E-state index in [1.807, 2.05) is 33.3 Å². The van der Waals surface area contributed by atoms with E-state index in [-0.39, 0.29) is 12.6 Å². The Labute approximate surface area is 102 Å². The molecule has 1 rings (SSSR count). The fraction of sp³-hybridized carbons (Fsp3) is 0.417. The summed E-state index contributed by atoms with van der Waals surface area (Å²) in [5.74, 6) is -0.285. The molecule has 0 saturated heterocycles. The summed E-state index contributed by atoms with van der Waals surface area (Å²) in [7, 11) is 5.54. The molecule has 1 aromatic rings. The summed E-state index contributed by atoms with van der Waals surface area (Å²) < 4.78 is 5.05. The second kappa shape index (κ2) is 5.98. The van der Waals surface area contributed by atoms with Crippen LogP contribution in [0.3, 0.4) is 0 Å². The molecule has 0 aromatic heterocycles. The van der Waals surface area contributed by atoms with Crippen molar-refractivity contribution in [2.24, 2.45) is 0 Å². The zero-order chi connectivity index (χ0) is 12.8. The minimum Gasteiger partial charge on any atom is -0.461 e. The van der Waals surface area contributed by atoms with E-state index in [4.69, 9.17) is 4.74 Å². The Morgan fingerprint density at radius 3 is 2.00 bits per heavy atom. The summed E-state index contributed by atoms with van der Waals surface area (Å²) in [4.78, 5) is 10.9. The van der Waals surface area contributed by atoms with Crippen molar-refractivity contribution in [3.63, 3.8) is 0 Å². The van der Waals surface area contributed by atoms with Crippen molar-refractivity contribution >= 4 is 23.0 Å². The quantitative estimate of drug-likeness (QED) is 0.682. The van der Waals surface area contributed by atoms with Crippen LogP contribution in [0.5, 0.6) is 0 Å². The Bertz CT molecular complexity index is 380. The van der Waals surface area contributed by atoms with Crippen molar-refractivity contribution in [1.82, 2.24) is 0 Å². The maximum atomic E-state index is 10.9. The van der Waals surface area contributed by atoms with E-state index in [0.29, 0.717) is 0 Å². The molecule has 0 fully saturated rings. The van der Waals surface area contributed by atoms with Crippen LogP contribution in [0.1, 0.15) is 12.5 Å². The number of carbonyl (C=O) groups is 1. The van der Waals surface area contributed by atoms with Gasteiger partial charge in [-0.25, -0.2) is 0 Å². The molecule has 0 unspecified atom stereocenters. The molecule has 0 bridgehead atoms. The van der Waals surface area contributed by atoms with Crippen molar-refractivity contribution in [1.29, 1.82) is 0 Å². The molecule has 0 heterocycles. The van der Waals surface area contributed by atoms with E-state index in [1.165, 1.54) is 6.92 Å². The largest absolute Gasteiger partial charge is 0.461 e. The number of esters is 1. The van der Waals surface area contributed by atoms with Crippen LogP contribution in [0, 0.1) is 0 Å². The average Bonchev–Trinajstić information content (AvgIpc) is 2.34. The number of hydrogen-bond acceptors (Lipinski definition) is 5. The predicted molar refractivity (Wildman–Crippen MR) is 70.6 cm³/mol. The Kier molecular flexibility index (Phi) is 4.63. The second-order valence-electron chi connectivity index (χ2n) is 3.58. The lowest BCUT2D eigenvalue weighted by molar-refractivity contribution is -0.142. The highest BCUT2D eigenvalue weighted by molar-refractivity contribution is 5.73. The topological polar surface area (TPSA) is 62.4 Å². The zero-order valence-corrected chi connectivity index (χ0v) is 10.7. The number of rotatable bonds is 5. The number of anilines is 3. The molecule has 1 aromatic carbocycles. The third-order valence-corrected chi connectivity index (χ3v) is 2.50. The fourth-order valence-corrected chi connectivity index (χ4v) is 1.59. The molecule has 0 amide bonds. The van der Waals surface area contributed by atoms with Gasteiger partial charge in [0, 0.05) is 50.7 Å². The van der Waals surface area contributed by atoms with Gasteiger partial charge in [0.15, 0.2) is 0 Å². The Hall–Kier alpha value is -1.91. The van der Waals surface area contributed by atoms with Crippen molar-refractivity contribution in [2.75, 3.05) is 37.1 Å². The van der Waals surface area contributed by atoms with E-state index in [9.17, 15) is 4.79 Å². The maximum Gasteiger partial charge on any atom is 0.302 e. The SMILES string of the molecule is CNc1cc(NC)c(COC(C)=O)c(NC)c1. The molecule has 0 spiro atoms. The molecule has 0 aliphatic carbocycles. The van der Waals surface area contributed by atoms with Gasteiger partial charge in [-0.05, 0) is 12.1 Å². The van der Waals surface area contributed by atoms with Gasteiger partial charge in [0.25, 0.3) is 0 Å². The predicted octanol–water partition coefficient (Wildman–Crippen LogP) is 1.87. The summed E-state index contributed by atoms with van der Waals surface area (Å²) in [5.41, 5.74) is 3.79. The van der Waals surface area contributed by atoms with Gasteiger partial charge < -0.3 is 20.7 Å². The summed E-state index contributed by atoms with van der Waals surface area (Å²) in [6.07, 6.45) is 0. The van der Waals surface area contributed by atoms with Gasteiger partial charge in [-0.3, -0.25) is 4.79 Å². The monoisotopic (exact) mass is 237 g/mol. The summed E-state index contributed by atoms with van der Waals surface area (Å²) in [5, 5.41) is 9.28. The van der Waals surface area contributed by atoms with Crippen molar-refractivity contribution < 1.29 is 9.53 Å². The molecule has 17 heavy (non-hydrogen) atoms. The second-order valence-corrected chi connectivity index (χ2v) is 3.58. The molecule has 0 radical (unpaired) electrons. The fourth-order valence-electron chi connectivity index (χ4n) is 1.59. The summed E-state index contributed by atoms with van der Waals surface area (Å²) in [6, 6.07) is 3.94. The minimum atomic E-state index is -0.285. The lowest BCUT2D eigenvalue weighted by atomic mass is 10.1. The summed E-state index contributed by atoms with van der Waals surface area (Å²) >= 11 is 0. The number of benzene rings is 1. The highest BCUT2D eigenvalue weighted by Crippen LogP contribution is 2.29. The van der Waals surface area contributed by atoms with Gasteiger partial charge in [-0.2, -0.15) is 0 Å². The van der Waals surface area contributed by atoms with E-state index >= 15 is 0 Å². The van der Waals surface area contributed by atoms with Crippen molar-refractivity contribution in [2.45, 2.75) is 13.5 Å². The van der Waals surface area contributed by atoms with Gasteiger partial charge in [-0.1, -0.05) is 0 Å². The van der Waals surface area contributed by atoms with Crippen molar-refractivity contribution in [3.05, 3.63) is 17.7 Å². The standard InChI is InChI=1S/C12H19N3O2/c1-8(16)17-7-10-11(14-3)5-9(13-2)6-12(10)15-4/h5-6,13-15H,7H2,1-4H3. The van der Waals surface area contributed by atoms with Crippen LogP contribution in [0.4, 0.5) is 17.1 Å². The highest BCUT2D eigenvalue weighted by Gasteiger charge is 2.10. The molecule has 94 valence electrons. The van der Waals surface area contributed by atoms with Crippen LogP contribution < -0.4 is 16.0 Å². The zero-order valence-electron chi connectivity index (χ0n) is 10.7. The number of ether oxygens (including phenoxy) is 1. The lowest BCUT2D eigenvalue weighted by Crippen LogP contribution is -2.06. The number of hydrogen-bond donors (Lipinski definition) is 3. The third kappa shape index (κ3) is 3.27. The molecule has 5 nitrogen and oxygen atoms in total. The van der Waals surface area contributed by atoms with Gasteiger partial charge >= 0.3 is 5.97 Å². The molecule has 0 aliphatic heterocycles. The van der Waals surface area contributed by atoms with Gasteiger partial charge in [-0.15, -0.1) is 0 Å². The molecule has 0 aliphatic rings. The van der Waals surface area contributed by atoms with E-state index in [1.54, 1.807) is 0 Å². The normalized spacial score (nSPS) is 9.65. The maximum absolute atomic E-state index is 10.9. The molecule has 3 N–H and O–H groups in total. The van der Waals surface area contributed by atoms with Crippen LogP contribution in [-0.2, 0) is 16.1 Å². The molecular weight excluding hydrogens is 218 g/mol. The lowest BCUT2D eigenvalue weighted by Gasteiger charge is -2.16. The first-order chi connectivity index (χ1) is 8.12. The molecule has 5 heteroatoms.